The van der Waals surface area contributed by atoms with E-state index in [1.807, 2.05) is 12.4 Å². The molecule has 1 N–H and O–H groups in total. The van der Waals surface area contributed by atoms with Crippen molar-refractivity contribution in [3.05, 3.63) is 24.0 Å². The first-order chi connectivity index (χ1) is 11.4. The van der Waals surface area contributed by atoms with Gasteiger partial charge in [0.15, 0.2) is 0 Å². The van der Waals surface area contributed by atoms with Gasteiger partial charge in [-0.3, -0.25) is 4.98 Å². The molecule has 1 aromatic rings. The molecule has 4 nitrogen and oxygen atoms in total. The minimum atomic E-state index is 0.532. The molecule has 0 radical (unpaired) electrons. The van der Waals surface area contributed by atoms with Gasteiger partial charge in [-0.25, -0.2) is 0 Å². The summed E-state index contributed by atoms with van der Waals surface area (Å²) in [6.45, 7) is 3.35. The number of ether oxygens (including phenoxy) is 2. The maximum Gasteiger partial charge on any atom is 0.142 e. The molecule has 1 saturated heterocycles. The lowest BCUT2D eigenvalue weighted by Gasteiger charge is -2.21. The van der Waals surface area contributed by atoms with Crippen LogP contribution in [0.15, 0.2) is 18.5 Å². The lowest BCUT2D eigenvalue weighted by atomic mass is 9.97. The first-order valence-corrected chi connectivity index (χ1v) is 9.27. The fourth-order valence-corrected chi connectivity index (χ4v) is 4.66. The van der Waals surface area contributed by atoms with E-state index in [1.165, 1.54) is 37.7 Å². The van der Waals surface area contributed by atoms with Gasteiger partial charge in [-0.15, -0.1) is 0 Å². The van der Waals surface area contributed by atoms with Crippen molar-refractivity contribution in [2.24, 2.45) is 17.8 Å². The molecule has 0 aromatic carbocycles. The molecule has 1 aliphatic heterocycles. The summed E-state index contributed by atoms with van der Waals surface area (Å²) < 4.78 is 11.5. The molecular formula is C19H28N2O2. The average Bonchev–Trinajstić information content (AvgIpc) is 3.30. The molecule has 3 fully saturated rings. The van der Waals surface area contributed by atoms with Crippen molar-refractivity contribution in [2.45, 2.75) is 51.1 Å². The van der Waals surface area contributed by atoms with Gasteiger partial charge in [0.2, 0.25) is 0 Å². The van der Waals surface area contributed by atoms with Crippen molar-refractivity contribution in [2.75, 3.05) is 19.8 Å². The fraction of sp³-hybridized carbons (Fsp3) is 0.737. The largest absolute Gasteiger partial charge is 0.491 e. The SMILES string of the molecule is c1cc(CNC2CC[C@@H]3CCC[C@H]23)c(OCC2CCOC2)cn1. The Morgan fingerprint density at radius 2 is 2.22 bits per heavy atom. The van der Waals surface area contributed by atoms with Crippen LogP contribution in [0.3, 0.4) is 0 Å². The highest BCUT2D eigenvalue weighted by atomic mass is 16.5. The van der Waals surface area contributed by atoms with Crippen molar-refractivity contribution in [3.63, 3.8) is 0 Å². The molecular weight excluding hydrogens is 288 g/mol. The number of hydrogen-bond acceptors (Lipinski definition) is 4. The molecule has 2 saturated carbocycles. The average molecular weight is 316 g/mol. The Labute approximate surface area is 139 Å². The Hall–Kier alpha value is -1.13. The first kappa shape index (κ1) is 15.4. The smallest absolute Gasteiger partial charge is 0.142 e. The first-order valence-electron chi connectivity index (χ1n) is 9.27. The van der Waals surface area contributed by atoms with Gasteiger partial charge in [0.25, 0.3) is 0 Å². The molecule has 4 heteroatoms. The van der Waals surface area contributed by atoms with E-state index >= 15 is 0 Å². The third kappa shape index (κ3) is 3.53. The van der Waals surface area contributed by atoms with Crippen LogP contribution < -0.4 is 10.1 Å². The van der Waals surface area contributed by atoms with Gasteiger partial charge in [-0.1, -0.05) is 12.8 Å². The van der Waals surface area contributed by atoms with Crippen LogP contribution >= 0.6 is 0 Å². The zero-order valence-electron chi connectivity index (χ0n) is 13.9. The molecule has 4 rings (SSSR count). The molecule has 4 atom stereocenters. The summed E-state index contributed by atoms with van der Waals surface area (Å²) in [7, 11) is 0. The van der Waals surface area contributed by atoms with Gasteiger partial charge >= 0.3 is 0 Å². The third-order valence-electron chi connectivity index (χ3n) is 6.01. The predicted octanol–water partition coefficient (Wildman–Crippen LogP) is 3.17. The standard InChI is InChI=1S/C19H28N2O2/c1-2-15-4-5-18(17(15)3-1)21-10-16-6-8-20-11-19(16)23-13-14-7-9-22-12-14/h6,8,11,14-15,17-18,21H,1-5,7,9-10,12-13H2/t14?,15-,17-,18?/m0/s1. The van der Waals surface area contributed by atoms with Crippen LogP contribution in [0, 0.1) is 17.8 Å². The summed E-state index contributed by atoms with van der Waals surface area (Å²) in [5.41, 5.74) is 1.24. The lowest BCUT2D eigenvalue weighted by Crippen LogP contribution is -2.32. The van der Waals surface area contributed by atoms with E-state index in [9.17, 15) is 0 Å². The van der Waals surface area contributed by atoms with Crippen LogP contribution in [0.2, 0.25) is 0 Å². The van der Waals surface area contributed by atoms with Crippen molar-refractivity contribution in [1.82, 2.24) is 10.3 Å². The number of aromatic nitrogens is 1. The summed E-state index contributed by atoms with van der Waals surface area (Å²) >= 11 is 0. The Morgan fingerprint density at radius 3 is 3.13 bits per heavy atom. The zero-order chi connectivity index (χ0) is 15.5. The third-order valence-corrected chi connectivity index (χ3v) is 6.01. The van der Waals surface area contributed by atoms with Crippen LogP contribution in [-0.4, -0.2) is 30.8 Å². The fourth-order valence-electron chi connectivity index (χ4n) is 4.66. The molecule has 2 unspecified atom stereocenters. The van der Waals surface area contributed by atoms with Crippen molar-refractivity contribution in [3.8, 4) is 5.75 Å². The van der Waals surface area contributed by atoms with E-state index in [2.05, 4.69) is 16.4 Å². The molecule has 0 amide bonds. The van der Waals surface area contributed by atoms with Gasteiger partial charge in [0.05, 0.1) is 19.4 Å². The lowest BCUT2D eigenvalue weighted by molar-refractivity contribution is 0.166. The molecule has 1 aromatic heterocycles. The van der Waals surface area contributed by atoms with E-state index in [0.717, 1.165) is 50.4 Å². The predicted molar refractivity (Wildman–Crippen MR) is 89.4 cm³/mol. The van der Waals surface area contributed by atoms with Gasteiger partial charge in [-0.05, 0) is 43.6 Å². The highest BCUT2D eigenvalue weighted by molar-refractivity contribution is 5.29. The van der Waals surface area contributed by atoms with Crippen molar-refractivity contribution in [1.29, 1.82) is 0 Å². The summed E-state index contributed by atoms with van der Waals surface area (Å²) in [5, 5.41) is 3.81. The van der Waals surface area contributed by atoms with Gasteiger partial charge in [0, 0.05) is 36.9 Å². The van der Waals surface area contributed by atoms with Crippen molar-refractivity contribution >= 4 is 0 Å². The van der Waals surface area contributed by atoms with Crippen LogP contribution in [0.4, 0.5) is 0 Å². The van der Waals surface area contributed by atoms with E-state index in [0.29, 0.717) is 12.0 Å². The summed E-state index contributed by atoms with van der Waals surface area (Å²) in [6, 6.07) is 2.79. The maximum atomic E-state index is 6.04. The van der Waals surface area contributed by atoms with Gasteiger partial charge in [0.1, 0.15) is 5.75 Å². The van der Waals surface area contributed by atoms with Crippen LogP contribution in [0.25, 0.3) is 0 Å². The van der Waals surface area contributed by atoms with Crippen LogP contribution in [-0.2, 0) is 11.3 Å². The van der Waals surface area contributed by atoms with E-state index in [1.54, 1.807) is 0 Å². The summed E-state index contributed by atoms with van der Waals surface area (Å²) in [4.78, 5) is 4.24. The minimum Gasteiger partial charge on any atom is -0.491 e. The normalized spacial score (nSPS) is 33.0. The molecule has 23 heavy (non-hydrogen) atoms. The van der Waals surface area contributed by atoms with Crippen LogP contribution in [0.1, 0.15) is 44.1 Å². The van der Waals surface area contributed by atoms with Gasteiger partial charge < -0.3 is 14.8 Å². The number of nitrogens with one attached hydrogen (secondary N) is 1. The minimum absolute atomic E-state index is 0.532. The molecule has 0 spiro atoms. The Bertz CT molecular complexity index is 516. The summed E-state index contributed by atoms with van der Waals surface area (Å²) in [6.07, 6.45) is 11.9. The Kier molecular flexibility index (Phi) is 4.81. The monoisotopic (exact) mass is 316 g/mol. The second-order valence-electron chi connectivity index (χ2n) is 7.44. The van der Waals surface area contributed by atoms with Gasteiger partial charge in [-0.2, -0.15) is 0 Å². The van der Waals surface area contributed by atoms with Crippen LogP contribution in [0.5, 0.6) is 5.75 Å². The van der Waals surface area contributed by atoms with E-state index < -0.39 is 0 Å². The number of rotatable bonds is 6. The molecule has 0 bridgehead atoms. The molecule has 2 heterocycles. The number of nitrogens with zero attached hydrogens (tertiary/aromatic N) is 1. The highest BCUT2D eigenvalue weighted by Gasteiger charge is 2.38. The maximum absolute atomic E-state index is 6.04. The number of fused-ring (bicyclic) bond motifs is 1. The van der Waals surface area contributed by atoms with Crippen molar-refractivity contribution < 1.29 is 9.47 Å². The molecule has 126 valence electrons. The van der Waals surface area contributed by atoms with E-state index in [4.69, 9.17) is 9.47 Å². The van der Waals surface area contributed by atoms with E-state index in [-0.39, 0.29) is 0 Å². The highest BCUT2D eigenvalue weighted by Crippen LogP contribution is 2.44. The topological polar surface area (TPSA) is 43.4 Å². The number of pyridine rings is 1. The Morgan fingerprint density at radius 1 is 1.22 bits per heavy atom. The quantitative estimate of drug-likeness (QED) is 0.875. The zero-order valence-corrected chi connectivity index (χ0v) is 13.9. The summed E-state index contributed by atoms with van der Waals surface area (Å²) in [5.74, 6) is 3.37. The molecule has 3 aliphatic rings. The second kappa shape index (κ2) is 7.18. The Balaban J connectivity index is 1.33. The second-order valence-corrected chi connectivity index (χ2v) is 7.44. The molecule has 2 aliphatic carbocycles. The number of hydrogen-bond donors (Lipinski definition) is 1.